The van der Waals surface area contributed by atoms with E-state index < -0.39 is 10.0 Å². The number of hydrogen-bond acceptors (Lipinski definition) is 3. The summed E-state index contributed by atoms with van der Waals surface area (Å²) >= 11 is 11.5. The summed E-state index contributed by atoms with van der Waals surface area (Å²) in [6, 6.07) is 7.48. The van der Waals surface area contributed by atoms with E-state index in [2.05, 4.69) is 4.72 Å². The fraction of sp³-hybridized carbons (Fsp3) is 0.0909. The summed E-state index contributed by atoms with van der Waals surface area (Å²) in [6.45, 7) is 0.0789. The van der Waals surface area contributed by atoms with Gasteiger partial charge in [0.05, 0.1) is 27.7 Å². The summed E-state index contributed by atoms with van der Waals surface area (Å²) in [5.41, 5.74) is 0. The van der Waals surface area contributed by atoms with E-state index >= 15 is 0 Å². The maximum absolute atomic E-state index is 11.9. The van der Waals surface area contributed by atoms with E-state index in [4.69, 9.17) is 27.6 Å². The Labute approximate surface area is 115 Å². The Bertz CT molecular complexity index is 638. The molecule has 0 amide bonds. The molecule has 0 unspecified atom stereocenters. The van der Waals surface area contributed by atoms with Gasteiger partial charge in [-0.1, -0.05) is 23.2 Å². The van der Waals surface area contributed by atoms with Gasteiger partial charge in [0, 0.05) is 0 Å². The first kappa shape index (κ1) is 13.4. The zero-order chi connectivity index (χ0) is 13.2. The van der Waals surface area contributed by atoms with Crippen molar-refractivity contribution in [2.45, 2.75) is 11.4 Å². The van der Waals surface area contributed by atoms with Gasteiger partial charge in [-0.25, -0.2) is 13.1 Å². The van der Waals surface area contributed by atoms with E-state index in [0.29, 0.717) is 10.8 Å². The number of furan rings is 1. The molecule has 1 N–H and O–H groups in total. The molecule has 0 aliphatic rings. The molecule has 1 heterocycles. The van der Waals surface area contributed by atoms with Crippen LogP contribution in [-0.4, -0.2) is 8.42 Å². The van der Waals surface area contributed by atoms with Crippen molar-refractivity contribution >= 4 is 33.2 Å². The third kappa shape index (κ3) is 3.05. The summed E-state index contributed by atoms with van der Waals surface area (Å²) in [6.07, 6.45) is 1.47. The van der Waals surface area contributed by atoms with Gasteiger partial charge in [0.1, 0.15) is 5.76 Å². The molecule has 0 saturated carbocycles. The molecular weight excluding hydrogens is 297 g/mol. The minimum atomic E-state index is -3.63. The van der Waals surface area contributed by atoms with Crippen LogP contribution in [0.15, 0.2) is 45.9 Å². The van der Waals surface area contributed by atoms with Crippen molar-refractivity contribution in [3.05, 3.63) is 52.4 Å². The Kier molecular flexibility index (Phi) is 3.97. The molecule has 2 rings (SSSR count). The second-order valence-corrected chi connectivity index (χ2v) is 6.06. The molecule has 0 saturated heterocycles. The van der Waals surface area contributed by atoms with Gasteiger partial charge >= 0.3 is 0 Å². The Morgan fingerprint density at radius 3 is 2.56 bits per heavy atom. The lowest BCUT2D eigenvalue weighted by atomic mass is 10.4. The smallest absolute Gasteiger partial charge is 0.241 e. The summed E-state index contributed by atoms with van der Waals surface area (Å²) in [5.74, 6) is 0.527. The van der Waals surface area contributed by atoms with Crippen molar-refractivity contribution in [3.8, 4) is 0 Å². The fourth-order valence-electron chi connectivity index (χ4n) is 1.31. The van der Waals surface area contributed by atoms with Crippen molar-refractivity contribution < 1.29 is 12.8 Å². The van der Waals surface area contributed by atoms with E-state index in [9.17, 15) is 8.42 Å². The van der Waals surface area contributed by atoms with Gasteiger partial charge in [-0.05, 0) is 30.3 Å². The minimum absolute atomic E-state index is 0.0588. The van der Waals surface area contributed by atoms with Crippen molar-refractivity contribution in [3.63, 3.8) is 0 Å². The van der Waals surface area contributed by atoms with Crippen LogP contribution >= 0.6 is 23.2 Å². The van der Waals surface area contributed by atoms with E-state index in [1.165, 1.54) is 24.5 Å². The first-order chi connectivity index (χ1) is 8.49. The van der Waals surface area contributed by atoms with Gasteiger partial charge in [0.25, 0.3) is 0 Å². The van der Waals surface area contributed by atoms with Crippen LogP contribution in [0.4, 0.5) is 0 Å². The predicted molar refractivity (Wildman–Crippen MR) is 69.2 cm³/mol. The van der Waals surface area contributed by atoms with Crippen molar-refractivity contribution in [2.24, 2.45) is 0 Å². The minimum Gasteiger partial charge on any atom is -0.468 e. The van der Waals surface area contributed by atoms with Gasteiger partial charge < -0.3 is 4.42 Å². The average molecular weight is 306 g/mol. The van der Waals surface area contributed by atoms with Crippen LogP contribution in [0.25, 0.3) is 0 Å². The third-order valence-corrected chi connectivity index (χ3v) is 4.36. The van der Waals surface area contributed by atoms with Gasteiger partial charge in [-0.3, -0.25) is 0 Å². The maximum atomic E-state index is 11.9. The molecule has 1 aromatic heterocycles. The van der Waals surface area contributed by atoms with Crippen LogP contribution in [0.1, 0.15) is 5.76 Å². The topological polar surface area (TPSA) is 59.3 Å². The standard InChI is InChI=1S/C11H9Cl2NO3S/c12-10-4-3-9(6-11(10)13)18(15,16)14-7-8-2-1-5-17-8/h1-6,14H,7H2. The van der Waals surface area contributed by atoms with Gasteiger partial charge in [-0.15, -0.1) is 0 Å². The van der Waals surface area contributed by atoms with Gasteiger partial charge in [-0.2, -0.15) is 0 Å². The van der Waals surface area contributed by atoms with Gasteiger partial charge in [0.15, 0.2) is 0 Å². The van der Waals surface area contributed by atoms with Crippen LogP contribution < -0.4 is 4.72 Å². The number of sulfonamides is 1. The van der Waals surface area contributed by atoms with Crippen LogP contribution in [0.5, 0.6) is 0 Å². The molecule has 0 fully saturated rings. The van der Waals surface area contributed by atoms with E-state index in [0.717, 1.165) is 0 Å². The summed E-state index contributed by atoms with van der Waals surface area (Å²) in [7, 11) is -3.63. The Balaban J connectivity index is 2.17. The lowest BCUT2D eigenvalue weighted by molar-refractivity contribution is 0.498. The summed E-state index contributed by atoms with van der Waals surface area (Å²) < 4.78 is 31.3. The zero-order valence-corrected chi connectivity index (χ0v) is 11.4. The molecule has 18 heavy (non-hydrogen) atoms. The molecule has 2 aromatic rings. The quantitative estimate of drug-likeness (QED) is 0.944. The lowest BCUT2D eigenvalue weighted by Crippen LogP contribution is -2.22. The normalized spacial score (nSPS) is 11.7. The lowest BCUT2D eigenvalue weighted by Gasteiger charge is -2.06. The van der Waals surface area contributed by atoms with Crippen LogP contribution in [0.3, 0.4) is 0 Å². The second kappa shape index (κ2) is 5.32. The number of halogens is 2. The van der Waals surface area contributed by atoms with Crippen molar-refractivity contribution in [1.82, 2.24) is 4.72 Å². The van der Waals surface area contributed by atoms with Crippen LogP contribution in [-0.2, 0) is 16.6 Å². The molecule has 0 spiro atoms. The molecule has 7 heteroatoms. The van der Waals surface area contributed by atoms with E-state index in [1.54, 1.807) is 12.1 Å². The highest BCUT2D eigenvalue weighted by Gasteiger charge is 2.15. The molecule has 0 radical (unpaired) electrons. The largest absolute Gasteiger partial charge is 0.468 e. The number of rotatable bonds is 4. The average Bonchev–Trinajstić information content (AvgIpc) is 2.83. The summed E-state index contributed by atoms with van der Waals surface area (Å²) in [4.78, 5) is 0.0588. The second-order valence-electron chi connectivity index (χ2n) is 3.48. The van der Waals surface area contributed by atoms with Crippen LogP contribution in [0.2, 0.25) is 10.0 Å². The van der Waals surface area contributed by atoms with Crippen molar-refractivity contribution in [2.75, 3.05) is 0 Å². The highest BCUT2D eigenvalue weighted by Crippen LogP contribution is 2.24. The van der Waals surface area contributed by atoms with E-state index in [1.807, 2.05) is 0 Å². The molecular formula is C11H9Cl2NO3S. The molecule has 0 aliphatic carbocycles. The third-order valence-electron chi connectivity index (χ3n) is 2.22. The molecule has 4 nitrogen and oxygen atoms in total. The first-order valence-electron chi connectivity index (χ1n) is 4.96. The molecule has 0 aliphatic heterocycles. The molecule has 96 valence electrons. The maximum Gasteiger partial charge on any atom is 0.241 e. The first-order valence-corrected chi connectivity index (χ1v) is 7.20. The highest BCUT2D eigenvalue weighted by atomic mass is 35.5. The Morgan fingerprint density at radius 2 is 1.94 bits per heavy atom. The molecule has 0 bridgehead atoms. The monoisotopic (exact) mass is 305 g/mol. The number of hydrogen-bond donors (Lipinski definition) is 1. The van der Waals surface area contributed by atoms with E-state index in [-0.39, 0.29) is 16.5 Å². The fourth-order valence-corrected chi connectivity index (χ4v) is 2.69. The van der Waals surface area contributed by atoms with Gasteiger partial charge in [0.2, 0.25) is 10.0 Å². The SMILES string of the molecule is O=S(=O)(NCc1ccco1)c1ccc(Cl)c(Cl)c1. The number of benzene rings is 1. The highest BCUT2D eigenvalue weighted by molar-refractivity contribution is 7.89. The summed E-state index contributed by atoms with van der Waals surface area (Å²) in [5, 5.41) is 0.499. The van der Waals surface area contributed by atoms with Crippen LogP contribution in [0, 0.1) is 0 Å². The Morgan fingerprint density at radius 1 is 1.17 bits per heavy atom. The molecule has 0 atom stereocenters. The molecule has 1 aromatic carbocycles. The Hall–Kier alpha value is -1.01. The predicted octanol–water partition coefficient (Wildman–Crippen LogP) is 3.06. The van der Waals surface area contributed by atoms with Crippen molar-refractivity contribution in [1.29, 1.82) is 0 Å². The zero-order valence-electron chi connectivity index (χ0n) is 9.06. The number of nitrogens with one attached hydrogen (secondary N) is 1.